The molecule has 0 spiro atoms. The predicted octanol–water partition coefficient (Wildman–Crippen LogP) is 2.23. The number of nitrogens with zero attached hydrogens (tertiary/aromatic N) is 2. The Bertz CT molecular complexity index is 727. The second-order valence-corrected chi connectivity index (χ2v) is 5.04. The zero-order chi connectivity index (χ0) is 16.8. The Morgan fingerprint density at radius 1 is 1.26 bits per heavy atom. The van der Waals surface area contributed by atoms with Crippen LogP contribution in [-0.2, 0) is 0 Å². The SMILES string of the molecule is COc1cccc(/C=N/NC(=O)c2cccc(N(C)C)c2)c1O. The molecule has 6 nitrogen and oxygen atoms in total. The van der Waals surface area contributed by atoms with Crippen LogP contribution in [-0.4, -0.2) is 38.4 Å². The maximum Gasteiger partial charge on any atom is 0.271 e. The lowest BCUT2D eigenvalue weighted by molar-refractivity contribution is 0.0955. The zero-order valence-corrected chi connectivity index (χ0v) is 13.3. The molecule has 2 N–H and O–H groups in total. The van der Waals surface area contributed by atoms with Crippen molar-refractivity contribution in [2.24, 2.45) is 5.10 Å². The summed E-state index contributed by atoms with van der Waals surface area (Å²) in [5, 5.41) is 13.8. The molecule has 0 bridgehead atoms. The molecule has 2 aromatic carbocycles. The van der Waals surface area contributed by atoms with Gasteiger partial charge >= 0.3 is 0 Å². The molecule has 0 fully saturated rings. The number of para-hydroxylation sites is 1. The molecule has 1 amide bonds. The lowest BCUT2D eigenvalue weighted by Crippen LogP contribution is -2.18. The van der Waals surface area contributed by atoms with Crippen molar-refractivity contribution in [1.82, 2.24) is 5.43 Å². The van der Waals surface area contributed by atoms with Gasteiger partial charge in [0.25, 0.3) is 5.91 Å². The molecular weight excluding hydrogens is 294 g/mol. The van der Waals surface area contributed by atoms with E-state index in [1.165, 1.54) is 13.3 Å². The fraction of sp³-hybridized carbons (Fsp3) is 0.176. The number of nitrogens with one attached hydrogen (secondary N) is 1. The maximum absolute atomic E-state index is 12.1. The molecular formula is C17H19N3O3. The Labute approximate surface area is 135 Å². The van der Waals surface area contributed by atoms with Crippen LogP contribution in [0.3, 0.4) is 0 Å². The first-order valence-corrected chi connectivity index (χ1v) is 6.99. The van der Waals surface area contributed by atoms with Gasteiger partial charge in [-0.1, -0.05) is 12.1 Å². The molecule has 6 heteroatoms. The highest BCUT2D eigenvalue weighted by molar-refractivity contribution is 5.96. The number of ether oxygens (including phenoxy) is 1. The summed E-state index contributed by atoms with van der Waals surface area (Å²) in [5.74, 6) is -0.00565. The van der Waals surface area contributed by atoms with E-state index in [9.17, 15) is 9.90 Å². The Morgan fingerprint density at radius 2 is 2.00 bits per heavy atom. The summed E-state index contributed by atoms with van der Waals surface area (Å²) in [7, 11) is 5.27. The molecule has 0 heterocycles. The van der Waals surface area contributed by atoms with Crippen LogP contribution in [0.4, 0.5) is 5.69 Å². The van der Waals surface area contributed by atoms with Crippen molar-refractivity contribution in [2.45, 2.75) is 0 Å². The van der Waals surface area contributed by atoms with Crippen molar-refractivity contribution in [3.8, 4) is 11.5 Å². The Morgan fingerprint density at radius 3 is 2.70 bits per heavy atom. The molecule has 2 aromatic rings. The molecule has 0 radical (unpaired) electrons. The fourth-order valence-electron chi connectivity index (χ4n) is 1.96. The number of carbonyl (C=O) groups excluding carboxylic acids is 1. The van der Waals surface area contributed by atoms with Crippen molar-refractivity contribution in [1.29, 1.82) is 0 Å². The molecule has 0 aliphatic carbocycles. The lowest BCUT2D eigenvalue weighted by atomic mass is 10.2. The summed E-state index contributed by atoms with van der Waals surface area (Å²) >= 11 is 0. The summed E-state index contributed by atoms with van der Waals surface area (Å²) in [4.78, 5) is 14.0. The van der Waals surface area contributed by atoms with E-state index < -0.39 is 0 Å². The van der Waals surface area contributed by atoms with E-state index in [0.717, 1.165) is 5.69 Å². The number of hydrogen-bond donors (Lipinski definition) is 2. The number of hydrazone groups is 1. The highest BCUT2D eigenvalue weighted by Gasteiger charge is 2.07. The molecule has 0 aliphatic rings. The van der Waals surface area contributed by atoms with Gasteiger partial charge in [-0.25, -0.2) is 5.43 Å². The van der Waals surface area contributed by atoms with Gasteiger partial charge in [0, 0.05) is 30.9 Å². The number of phenolic OH excluding ortho intramolecular Hbond substituents is 1. The quantitative estimate of drug-likeness (QED) is 0.656. The molecule has 0 unspecified atom stereocenters. The average molecular weight is 313 g/mol. The van der Waals surface area contributed by atoms with Gasteiger partial charge in [-0.3, -0.25) is 4.79 Å². The molecule has 0 aliphatic heterocycles. The van der Waals surface area contributed by atoms with E-state index >= 15 is 0 Å². The van der Waals surface area contributed by atoms with Gasteiger partial charge in [0.2, 0.25) is 0 Å². The first-order valence-electron chi connectivity index (χ1n) is 6.99. The molecule has 2 rings (SSSR count). The van der Waals surface area contributed by atoms with Gasteiger partial charge in [-0.2, -0.15) is 5.10 Å². The Hall–Kier alpha value is -3.02. The largest absolute Gasteiger partial charge is 0.504 e. The smallest absolute Gasteiger partial charge is 0.271 e. The van der Waals surface area contributed by atoms with Crippen molar-refractivity contribution in [3.05, 3.63) is 53.6 Å². The van der Waals surface area contributed by atoms with Crippen LogP contribution in [0.2, 0.25) is 0 Å². The second-order valence-electron chi connectivity index (χ2n) is 5.04. The van der Waals surface area contributed by atoms with E-state index in [1.54, 1.807) is 30.3 Å². The average Bonchev–Trinajstić information content (AvgIpc) is 2.56. The fourth-order valence-corrected chi connectivity index (χ4v) is 1.96. The van der Waals surface area contributed by atoms with Crippen molar-refractivity contribution < 1.29 is 14.6 Å². The summed E-state index contributed by atoms with van der Waals surface area (Å²) in [6, 6.07) is 12.2. The summed E-state index contributed by atoms with van der Waals surface area (Å²) in [5.41, 5.74) is 4.32. The van der Waals surface area contributed by atoms with E-state index in [1.807, 2.05) is 31.1 Å². The Balaban J connectivity index is 2.09. The van der Waals surface area contributed by atoms with E-state index in [4.69, 9.17) is 4.74 Å². The minimum absolute atomic E-state index is 0.0254. The van der Waals surface area contributed by atoms with Gasteiger partial charge in [0.1, 0.15) is 0 Å². The molecule has 120 valence electrons. The number of aromatic hydroxyl groups is 1. The number of rotatable bonds is 5. The third-order valence-electron chi connectivity index (χ3n) is 3.24. The summed E-state index contributed by atoms with van der Waals surface area (Å²) in [6.45, 7) is 0. The lowest BCUT2D eigenvalue weighted by Gasteiger charge is -2.12. The van der Waals surface area contributed by atoms with Gasteiger partial charge in [-0.15, -0.1) is 0 Å². The van der Waals surface area contributed by atoms with Gasteiger partial charge in [0.05, 0.1) is 13.3 Å². The monoisotopic (exact) mass is 313 g/mol. The van der Waals surface area contributed by atoms with Crippen LogP contribution in [0.15, 0.2) is 47.6 Å². The number of phenols is 1. The number of carbonyl (C=O) groups is 1. The van der Waals surface area contributed by atoms with Crippen molar-refractivity contribution in [3.63, 3.8) is 0 Å². The van der Waals surface area contributed by atoms with Gasteiger partial charge in [-0.05, 0) is 30.3 Å². The van der Waals surface area contributed by atoms with Crippen molar-refractivity contribution >= 4 is 17.8 Å². The number of benzene rings is 2. The van der Waals surface area contributed by atoms with Crippen LogP contribution in [0, 0.1) is 0 Å². The first-order chi connectivity index (χ1) is 11.0. The minimum Gasteiger partial charge on any atom is -0.504 e. The zero-order valence-electron chi connectivity index (χ0n) is 13.3. The van der Waals surface area contributed by atoms with Crippen LogP contribution < -0.4 is 15.1 Å². The molecule has 0 atom stereocenters. The highest BCUT2D eigenvalue weighted by Crippen LogP contribution is 2.27. The van der Waals surface area contributed by atoms with E-state index in [2.05, 4.69) is 10.5 Å². The summed E-state index contributed by atoms with van der Waals surface area (Å²) in [6.07, 6.45) is 1.37. The van der Waals surface area contributed by atoms with Gasteiger partial charge in [0.15, 0.2) is 11.5 Å². The first kappa shape index (κ1) is 16.4. The molecule has 23 heavy (non-hydrogen) atoms. The predicted molar refractivity (Wildman–Crippen MR) is 90.5 cm³/mol. The van der Waals surface area contributed by atoms with E-state index in [0.29, 0.717) is 16.9 Å². The van der Waals surface area contributed by atoms with E-state index in [-0.39, 0.29) is 11.7 Å². The molecule has 0 saturated heterocycles. The normalized spacial score (nSPS) is 10.6. The van der Waals surface area contributed by atoms with Crippen molar-refractivity contribution in [2.75, 3.05) is 26.1 Å². The van der Waals surface area contributed by atoms with Gasteiger partial charge < -0.3 is 14.7 Å². The third-order valence-corrected chi connectivity index (χ3v) is 3.24. The molecule has 0 saturated carbocycles. The minimum atomic E-state index is -0.327. The number of methoxy groups -OCH3 is 1. The maximum atomic E-state index is 12.1. The number of anilines is 1. The van der Waals surface area contributed by atoms with Crippen LogP contribution >= 0.6 is 0 Å². The standard InChI is InChI=1S/C17H19N3O3/c1-20(2)14-8-4-6-12(10-14)17(22)19-18-11-13-7-5-9-15(23-3)16(13)21/h4-11,21H,1-3H3,(H,19,22)/b18-11+. The van der Waals surface area contributed by atoms with Crippen LogP contribution in [0.1, 0.15) is 15.9 Å². The third kappa shape index (κ3) is 4.00. The highest BCUT2D eigenvalue weighted by atomic mass is 16.5. The summed E-state index contributed by atoms with van der Waals surface area (Å²) < 4.78 is 5.01. The topological polar surface area (TPSA) is 74.2 Å². The van der Waals surface area contributed by atoms with Crippen LogP contribution in [0.25, 0.3) is 0 Å². The molecule has 0 aromatic heterocycles. The second kappa shape index (κ2) is 7.31. The van der Waals surface area contributed by atoms with Crippen LogP contribution in [0.5, 0.6) is 11.5 Å². The Kier molecular flexibility index (Phi) is 5.19. The number of hydrogen-bond acceptors (Lipinski definition) is 5. The number of amides is 1.